The third kappa shape index (κ3) is 7.64. The fraction of sp³-hybridized carbons (Fsp3) is 0.226. The number of aryl methyl sites for hydroxylation is 1. The van der Waals surface area contributed by atoms with Crippen molar-refractivity contribution in [2.24, 2.45) is 5.73 Å². The highest BCUT2D eigenvalue weighted by Gasteiger charge is 2.17. The lowest BCUT2D eigenvalue weighted by atomic mass is 10.1. The quantitative estimate of drug-likeness (QED) is 0.180. The summed E-state index contributed by atoms with van der Waals surface area (Å²) < 4.78 is 39.0. The number of aromatic nitrogens is 4. The number of benzene rings is 3. The molecule has 0 radical (unpaired) electrons. The van der Waals surface area contributed by atoms with Gasteiger partial charge in [-0.15, -0.1) is 5.10 Å². The zero-order chi connectivity index (χ0) is 31.1. The van der Waals surface area contributed by atoms with Crippen molar-refractivity contribution < 1.29 is 23.0 Å². The third-order valence-corrected chi connectivity index (χ3v) is 7.32. The van der Waals surface area contributed by atoms with Gasteiger partial charge in [0, 0.05) is 45.2 Å². The van der Waals surface area contributed by atoms with Gasteiger partial charge >= 0.3 is 0 Å². The number of methoxy groups -OCH3 is 2. The normalized spacial score (nSPS) is 10.8. The number of ether oxygens (including phenoxy) is 2. The fourth-order valence-electron chi connectivity index (χ4n) is 4.32. The number of pyridine rings is 1. The Kier molecular flexibility index (Phi) is 10.6. The molecule has 0 fully saturated rings. The Morgan fingerprint density at radius 2 is 1.58 bits per heavy atom. The maximum Gasteiger partial charge on any atom is 0.185 e. The molecule has 0 saturated heterocycles. The van der Waals surface area contributed by atoms with Crippen LogP contribution in [0.2, 0.25) is 10.0 Å². The highest BCUT2D eigenvalue weighted by molar-refractivity contribution is 6.31. The molecule has 0 saturated carbocycles. The molecule has 5 rings (SSSR count). The highest BCUT2D eigenvalue weighted by Crippen LogP contribution is 2.29. The zero-order valence-electron chi connectivity index (χ0n) is 23.7. The zero-order valence-corrected chi connectivity index (χ0v) is 25.2. The molecule has 2 heterocycles. The number of rotatable bonds is 9. The Hall–Kier alpha value is -4.12. The van der Waals surface area contributed by atoms with Crippen molar-refractivity contribution >= 4 is 39.9 Å². The predicted octanol–water partition coefficient (Wildman–Crippen LogP) is 6.75. The van der Waals surface area contributed by atoms with E-state index in [0.29, 0.717) is 11.6 Å². The third-order valence-electron chi connectivity index (χ3n) is 6.61. The van der Waals surface area contributed by atoms with Crippen molar-refractivity contribution in [1.82, 2.24) is 20.0 Å². The van der Waals surface area contributed by atoms with Crippen molar-refractivity contribution in [2.75, 3.05) is 14.2 Å². The number of carbonyl (C=O) groups excluding carboxylic acids is 1. The van der Waals surface area contributed by atoms with Crippen molar-refractivity contribution in [3.63, 3.8) is 0 Å². The summed E-state index contributed by atoms with van der Waals surface area (Å²) in [5.41, 5.74) is 8.99. The fourth-order valence-corrected chi connectivity index (χ4v) is 4.78. The lowest BCUT2D eigenvalue weighted by molar-refractivity contribution is 0.0977. The molecule has 2 N–H and O–H groups in total. The Morgan fingerprint density at radius 3 is 2.23 bits per heavy atom. The summed E-state index contributed by atoms with van der Waals surface area (Å²) in [7, 11) is 2.78. The first kappa shape index (κ1) is 31.8. The van der Waals surface area contributed by atoms with E-state index in [1.165, 1.54) is 26.4 Å². The van der Waals surface area contributed by atoms with Crippen LogP contribution in [0, 0.1) is 18.6 Å². The van der Waals surface area contributed by atoms with Gasteiger partial charge in [-0.05, 0) is 61.4 Å². The Balaban J connectivity index is 0.000000296. The van der Waals surface area contributed by atoms with Crippen LogP contribution in [0.15, 0.2) is 60.8 Å². The average Bonchev–Trinajstić information content (AvgIpc) is 3.46. The summed E-state index contributed by atoms with van der Waals surface area (Å²) in [5.74, 6) is -0.999. The molecular weight excluding hydrogens is 599 g/mol. The van der Waals surface area contributed by atoms with Gasteiger partial charge in [-0.3, -0.25) is 9.78 Å². The van der Waals surface area contributed by atoms with E-state index in [4.69, 9.17) is 38.4 Å². The number of ketones is 1. The van der Waals surface area contributed by atoms with Gasteiger partial charge in [0.1, 0.15) is 5.69 Å². The van der Waals surface area contributed by atoms with Crippen LogP contribution >= 0.6 is 23.2 Å². The summed E-state index contributed by atoms with van der Waals surface area (Å²) >= 11 is 11.8. The summed E-state index contributed by atoms with van der Waals surface area (Å²) in [6, 6.07) is 16.0. The van der Waals surface area contributed by atoms with Crippen LogP contribution in [0.3, 0.4) is 0 Å². The SMILES string of the molecule is COc1ccc(Cl)c(CCC(=O)c2cn(Cc3ccc4nc(C)ccc4c3)nn2)c1F.COc1ccc(Cl)c(CN)c1F. The number of Topliss-reactive ketones (excluding diaryl/α,β-unsaturated/α-hetero) is 1. The van der Waals surface area contributed by atoms with E-state index in [0.717, 1.165) is 22.2 Å². The minimum atomic E-state index is -0.549. The van der Waals surface area contributed by atoms with Crippen molar-refractivity contribution in [3.8, 4) is 11.5 Å². The molecule has 0 aliphatic rings. The van der Waals surface area contributed by atoms with Crippen LogP contribution in [0.5, 0.6) is 11.5 Å². The number of nitrogens with two attached hydrogens (primary N) is 1. The van der Waals surface area contributed by atoms with Crippen molar-refractivity contribution in [1.29, 1.82) is 0 Å². The molecule has 0 spiro atoms. The van der Waals surface area contributed by atoms with E-state index in [1.54, 1.807) is 23.0 Å². The maximum atomic E-state index is 14.4. The predicted molar refractivity (Wildman–Crippen MR) is 162 cm³/mol. The monoisotopic (exact) mass is 627 g/mol. The molecule has 0 atom stereocenters. The lowest BCUT2D eigenvalue weighted by Gasteiger charge is -2.08. The molecule has 12 heteroatoms. The number of hydrogen-bond acceptors (Lipinski definition) is 7. The van der Waals surface area contributed by atoms with Gasteiger partial charge in [0.05, 0.1) is 32.5 Å². The number of halogens is 4. The first-order valence-electron chi connectivity index (χ1n) is 13.2. The number of nitrogens with zero attached hydrogens (tertiary/aromatic N) is 4. The number of hydrogen-bond donors (Lipinski definition) is 1. The largest absolute Gasteiger partial charge is 0.494 e. The van der Waals surface area contributed by atoms with E-state index >= 15 is 0 Å². The topological polar surface area (TPSA) is 105 Å². The Bertz CT molecular complexity index is 1760. The van der Waals surface area contributed by atoms with E-state index < -0.39 is 11.6 Å². The van der Waals surface area contributed by atoms with Crippen molar-refractivity contribution in [3.05, 3.63) is 111 Å². The molecule has 224 valence electrons. The van der Waals surface area contributed by atoms with Crippen LogP contribution in [0.4, 0.5) is 8.78 Å². The summed E-state index contributed by atoms with van der Waals surface area (Å²) in [5, 5.41) is 9.66. The van der Waals surface area contributed by atoms with Crippen LogP contribution in [0.1, 0.15) is 39.3 Å². The molecule has 0 amide bonds. The van der Waals surface area contributed by atoms with Crippen LogP contribution in [0.25, 0.3) is 10.9 Å². The molecule has 2 aromatic heterocycles. The molecule has 5 aromatic rings. The minimum Gasteiger partial charge on any atom is -0.494 e. The number of fused-ring (bicyclic) bond motifs is 1. The lowest BCUT2D eigenvalue weighted by Crippen LogP contribution is -2.04. The maximum absolute atomic E-state index is 14.4. The van der Waals surface area contributed by atoms with Gasteiger partial charge < -0.3 is 15.2 Å². The molecule has 0 bridgehead atoms. The molecule has 0 aliphatic heterocycles. The van der Waals surface area contributed by atoms with Gasteiger partial charge in [-0.25, -0.2) is 13.5 Å². The van der Waals surface area contributed by atoms with Crippen LogP contribution < -0.4 is 15.2 Å². The van der Waals surface area contributed by atoms with E-state index in [-0.39, 0.29) is 58.5 Å². The smallest absolute Gasteiger partial charge is 0.185 e. The second-order valence-electron chi connectivity index (χ2n) is 9.49. The first-order chi connectivity index (χ1) is 20.6. The van der Waals surface area contributed by atoms with E-state index in [2.05, 4.69) is 15.3 Å². The Morgan fingerprint density at radius 1 is 0.930 bits per heavy atom. The second kappa shape index (κ2) is 14.4. The minimum absolute atomic E-state index is 0.0590. The Labute approximate surface area is 257 Å². The van der Waals surface area contributed by atoms with Gasteiger partial charge in [0.25, 0.3) is 0 Å². The van der Waals surface area contributed by atoms with E-state index in [1.807, 2.05) is 37.3 Å². The van der Waals surface area contributed by atoms with Gasteiger partial charge in [0.2, 0.25) is 0 Å². The molecule has 3 aromatic carbocycles. The van der Waals surface area contributed by atoms with Crippen molar-refractivity contribution in [2.45, 2.75) is 32.9 Å². The second-order valence-corrected chi connectivity index (χ2v) is 10.3. The summed E-state index contributed by atoms with van der Waals surface area (Å²) in [6.45, 7) is 2.50. The van der Waals surface area contributed by atoms with Gasteiger partial charge in [-0.1, -0.05) is 40.5 Å². The molecule has 8 nitrogen and oxygen atoms in total. The summed E-state index contributed by atoms with van der Waals surface area (Å²) in [4.78, 5) is 17.0. The first-order valence-corrected chi connectivity index (χ1v) is 13.9. The standard InChI is InChI=1S/C23H20ClFN4O2.C8H9ClFNO/c1-14-3-5-16-11-15(4-8-19(16)26-14)12-29-13-20(27-28-29)21(30)9-6-17-18(24)7-10-22(31-2)23(17)25;1-12-7-3-2-6(9)5(4-11)8(7)10/h3-5,7-8,10-11,13H,6,9,12H2,1-2H3;2-3H,4,11H2,1H3. The van der Waals surface area contributed by atoms with E-state index in [9.17, 15) is 13.6 Å². The average molecular weight is 629 g/mol. The van der Waals surface area contributed by atoms with Crippen LogP contribution in [-0.2, 0) is 19.5 Å². The number of carbonyl (C=O) groups is 1. The highest BCUT2D eigenvalue weighted by atomic mass is 35.5. The van der Waals surface area contributed by atoms with Crippen LogP contribution in [-0.4, -0.2) is 40.0 Å². The van der Waals surface area contributed by atoms with Gasteiger partial charge in [0.15, 0.2) is 28.9 Å². The molecular formula is C31H29Cl2F2N5O3. The van der Waals surface area contributed by atoms with Gasteiger partial charge in [-0.2, -0.15) is 0 Å². The molecule has 0 aliphatic carbocycles. The molecule has 43 heavy (non-hydrogen) atoms. The molecule has 0 unspecified atom stereocenters. The summed E-state index contributed by atoms with van der Waals surface area (Å²) in [6.07, 6.45) is 1.80.